The van der Waals surface area contributed by atoms with Crippen molar-refractivity contribution in [3.8, 4) is 0 Å². The number of phosphoric ester groups is 1. The normalized spacial score (nSPS) is 13.4. The van der Waals surface area contributed by atoms with E-state index in [0.717, 1.165) is 57.8 Å². The molecule has 1 atom stereocenters. The molecule has 0 aromatic rings. The highest BCUT2D eigenvalue weighted by Crippen LogP contribution is 2.30. The average Bonchev–Trinajstić information content (AvgIpc) is 2.51. The molecule has 25 heavy (non-hydrogen) atoms. The van der Waals surface area contributed by atoms with Crippen LogP contribution in [0.15, 0.2) is 12.2 Å². The van der Waals surface area contributed by atoms with E-state index in [1.807, 2.05) is 12.2 Å². The molecule has 6 nitrogen and oxygen atoms in total. The summed E-state index contributed by atoms with van der Waals surface area (Å²) in [6, 6.07) is 0. The molecular weight excluding hydrogens is 343 g/mol. The van der Waals surface area contributed by atoms with Crippen LogP contribution in [0.3, 0.4) is 0 Å². The fourth-order valence-corrected chi connectivity index (χ4v) is 3.18. The van der Waals surface area contributed by atoms with Crippen molar-refractivity contribution >= 4 is 13.8 Å². The maximum atomic E-state index is 10.8. The van der Waals surface area contributed by atoms with Crippen molar-refractivity contribution in [3.63, 3.8) is 0 Å². The average molecular weight is 375 g/mol. The number of hydrogen-bond donors (Lipinski definition) is 0. The molecule has 0 saturated heterocycles. The van der Waals surface area contributed by atoms with Crippen LogP contribution in [0.25, 0.3) is 0 Å². The number of carbonyl (C=O) groups excluding carboxylic acids is 1. The van der Waals surface area contributed by atoms with Crippen LogP contribution in [0.5, 0.6) is 0 Å². The fraction of sp³-hybridized carbons (Fsp3) is 0.833. The molecule has 0 spiro atoms. The summed E-state index contributed by atoms with van der Waals surface area (Å²) in [6.45, 7) is 2.10. The van der Waals surface area contributed by atoms with Crippen LogP contribution < -0.4 is 14.9 Å². The van der Waals surface area contributed by atoms with Crippen LogP contribution in [0.4, 0.5) is 0 Å². The summed E-state index contributed by atoms with van der Waals surface area (Å²) >= 11 is 0. The third-order valence-electron chi connectivity index (χ3n) is 3.98. The summed E-state index contributed by atoms with van der Waals surface area (Å²) in [6.07, 6.45) is 14.0. The topological polar surface area (TPSA) is 113 Å². The Hall–Kier alpha value is -0.680. The predicted molar refractivity (Wildman–Crippen MR) is 92.3 cm³/mol. The number of rotatable bonds is 17. The number of allylic oxidation sites excluding steroid dienone is 1. The minimum absolute atomic E-state index is 0.128. The lowest BCUT2D eigenvalue weighted by Gasteiger charge is -2.33. The molecule has 0 saturated carbocycles. The van der Waals surface area contributed by atoms with E-state index in [1.165, 1.54) is 0 Å². The molecule has 0 heterocycles. The Morgan fingerprint density at radius 2 is 1.64 bits per heavy atom. The third-order valence-corrected chi connectivity index (χ3v) is 4.53. The first kappa shape index (κ1) is 24.3. The Bertz CT molecular complexity index is 404. The fourth-order valence-electron chi connectivity index (χ4n) is 2.62. The lowest BCUT2D eigenvalue weighted by atomic mass is 10.1. The summed E-state index contributed by atoms with van der Waals surface area (Å²) in [5, 5.41) is 10.3. The minimum atomic E-state index is -4.94. The van der Waals surface area contributed by atoms with Gasteiger partial charge in [0.15, 0.2) is 0 Å². The van der Waals surface area contributed by atoms with Crippen molar-refractivity contribution in [1.29, 1.82) is 0 Å². The quantitative estimate of drug-likeness (QED) is 0.219. The van der Waals surface area contributed by atoms with Gasteiger partial charge in [-0.05, 0) is 38.5 Å². The molecule has 0 aromatic heterocycles. The summed E-state index contributed by atoms with van der Waals surface area (Å²) in [4.78, 5) is 31.9. The Morgan fingerprint density at radius 1 is 1.00 bits per heavy atom. The molecular formula is C18H32O6P-3. The van der Waals surface area contributed by atoms with Crippen LogP contribution >= 0.6 is 7.82 Å². The SMILES string of the molecule is CCCCCCC(C/C=C/CCCCCCCC(=O)[O-])OP(=O)([O-])[O-]. The summed E-state index contributed by atoms with van der Waals surface area (Å²) in [7, 11) is -4.94. The number of carboxylic acid groups (broad SMARTS) is 1. The van der Waals surface area contributed by atoms with Gasteiger partial charge in [0, 0.05) is 5.97 Å². The first-order chi connectivity index (χ1) is 11.8. The van der Waals surface area contributed by atoms with E-state index in [-0.39, 0.29) is 6.42 Å². The minimum Gasteiger partial charge on any atom is -0.790 e. The number of carboxylic acids is 1. The van der Waals surface area contributed by atoms with Gasteiger partial charge in [-0.3, -0.25) is 0 Å². The van der Waals surface area contributed by atoms with Gasteiger partial charge in [-0.15, -0.1) is 0 Å². The molecule has 1 unspecified atom stereocenters. The zero-order valence-electron chi connectivity index (χ0n) is 15.3. The molecule has 7 heteroatoms. The number of phosphoric acid groups is 1. The van der Waals surface area contributed by atoms with Gasteiger partial charge in [-0.2, -0.15) is 0 Å². The summed E-state index contributed by atoms with van der Waals surface area (Å²) in [5.41, 5.74) is 0. The lowest BCUT2D eigenvalue weighted by Crippen LogP contribution is -2.22. The smallest absolute Gasteiger partial charge is 0.0661 e. The molecule has 0 aliphatic rings. The molecule has 0 aliphatic heterocycles. The van der Waals surface area contributed by atoms with Gasteiger partial charge in [-0.1, -0.05) is 64.0 Å². The van der Waals surface area contributed by atoms with Gasteiger partial charge in [-0.25, -0.2) is 0 Å². The largest absolute Gasteiger partial charge is 0.790 e. The number of hydrogen-bond acceptors (Lipinski definition) is 6. The monoisotopic (exact) mass is 375 g/mol. The molecule has 148 valence electrons. The summed E-state index contributed by atoms with van der Waals surface area (Å²) in [5.74, 6) is -0.991. The van der Waals surface area contributed by atoms with Crippen LogP contribution in [0, 0.1) is 0 Å². The first-order valence-corrected chi connectivity index (χ1v) is 10.9. The second-order valence-electron chi connectivity index (χ2n) is 6.41. The van der Waals surface area contributed by atoms with Crippen LogP contribution in [0.1, 0.15) is 90.4 Å². The Balaban J connectivity index is 3.84. The lowest BCUT2D eigenvalue weighted by molar-refractivity contribution is -0.345. The summed E-state index contributed by atoms with van der Waals surface area (Å²) < 4.78 is 15.5. The van der Waals surface area contributed by atoms with Gasteiger partial charge in [0.05, 0.1) is 13.9 Å². The standard InChI is InChI=1S/C18H35O6P/c1-2-3-4-11-14-17(24-25(21,22)23)15-12-9-7-5-6-8-10-13-16-18(19)20/h9,12,17H,2-8,10-11,13-16H2,1H3,(H,19,20)(H2,21,22,23)/p-3/b12-9+. The molecule has 0 aromatic carbocycles. The number of unbranched alkanes of at least 4 members (excludes halogenated alkanes) is 8. The van der Waals surface area contributed by atoms with E-state index in [4.69, 9.17) is 0 Å². The zero-order valence-corrected chi connectivity index (χ0v) is 16.2. The Morgan fingerprint density at radius 3 is 2.28 bits per heavy atom. The van der Waals surface area contributed by atoms with Crippen molar-refractivity contribution in [2.24, 2.45) is 0 Å². The maximum Gasteiger partial charge on any atom is 0.0661 e. The van der Waals surface area contributed by atoms with Gasteiger partial charge in [0.25, 0.3) is 0 Å². The Kier molecular flexibility index (Phi) is 15.1. The van der Waals surface area contributed by atoms with E-state index in [1.54, 1.807) is 0 Å². The third kappa shape index (κ3) is 19.5. The van der Waals surface area contributed by atoms with Crippen LogP contribution in [-0.4, -0.2) is 12.1 Å². The van der Waals surface area contributed by atoms with Crippen molar-refractivity contribution in [2.45, 2.75) is 96.5 Å². The Labute approximate surface area is 151 Å². The molecule has 0 aliphatic carbocycles. The highest BCUT2D eigenvalue weighted by atomic mass is 31.2. The molecule has 0 fully saturated rings. The highest BCUT2D eigenvalue weighted by molar-refractivity contribution is 7.43. The molecule has 0 bridgehead atoms. The van der Waals surface area contributed by atoms with Gasteiger partial charge >= 0.3 is 0 Å². The predicted octanol–water partition coefficient (Wildman–Crippen LogP) is 2.60. The highest BCUT2D eigenvalue weighted by Gasteiger charge is 2.09. The van der Waals surface area contributed by atoms with E-state index < -0.39 is 19.9 Å². The second-order valence-corrected chi connectivity index (χ2v) is 7.51. The van der Waals surface area contributed by atoms with E-state index >= 15 is 0 Å². The number of carbonyl (C=O) groups is 1. The van der Waals surface area contributed by atoms with Crippen molar-refractivity contribution in [2.75, 3.05) is 0 Å². The maximum absolute atomic E-state index is 10.8. The molecule has 0 rings (SSSR count). The second kappa shape index (κ2) is 15.6. The van der Waals surface area contributed by atoms with Crippen molar-refractivity contribution in [3.05, 3.63) is 12.2 Å². The van der Waals surface area contributed by atoms with Crippen molar-refractivity contribution in [1.82, 2.24) is 0 Å². The first-order valence-electron chi connectivity index (χ1n) is 9.40. The van der Waals surface area contributed by atoms with Gasteiger partial charge in [0.2, 0.25) is 0 Å². The zero-order chi connectivity index (χ0) is 19.0. The molecule has 0 amide bonds. The van der Waals surface area contributed by atoms with E-state index in [0.29, 0.717) is 19.3 Å². The van der Waals surface area contributed by atoms with Crippen molar-refractivity contribution < 1.29 is 28.8 Å². The molecule has 0 radical (unpaired) electrons. The van der Waals surface area contributed by atoms with E-state index in [9.17, 15) is 24.3 Å². The van der Waals surface area contributed by atoms with E-state index in [2.05, 4.69) is 11.4 Å². The van der Waals surface area contributed by atoms with Gasteiger partial charge in [0.1, 0.15) is 0 Å². The van der Waals surface area contributed by atoms with Crippen LogP contribution in [0.2, 0.25) is 0 Å². The number of aliphatic carboxylic acids is 1. The van der Waals surface area contributed by atoms with Crippen LogP contribution in [-0.2, 0) is 13.9 Å². The van der Waals surface area contributed by atoms with Gasteiger partial charge < -0.3 is 28.8 Å². The molecule has 0 N–H and O–H groups in total.